The summed E-state index contributed by atoms with van der Waals surface area (Å²) in [7, 11) is 3.42. The van der Waals surface area contributed by atoms with Crippen molar-refractivity contribution in [2.45, 2.75) is 45.1 Å². The van der Waals surface area contributed by atoms with E-state index in [1.165, 1.54) is 24.0 Å². The Balaban J connectivity index is 2.15. The zero-order chi connectivity index (χ0) is 13.8. The van der Waals surface area contributed by atoms with Gasteiger partial charge in [-0.2, -0.15) is 0 Å². The smallest absolute Gasteiger partial charge is 0.126 e. The van der Waals surface area contributed by atoms with Crippen LogP contribution in [0.4, 0.5) is 0 Å². The first kappa shape index (κ1) is 14.2. The zero-order valence-corrected chi connectivity index (χ0v) is 12.2. The van der Waals surface area contributed by atoms with Gasteiger partial charge in [0.15, 0.2) is 0 Å². The molecule has 1 fully saturated rings. The van der Waals surface area contributed by atoms with E-state index in [2.05, 4.69) is 13.0 Å². The molecule has 1 saturated carbocycles. The van der Waals surface area contributed by atoms with Gasteiger partial charge in [-0.05, 0) is 62.1 Å². The van der Waals surface area contributed by atoms with E-state index in [1.54, 1.807) is 14.2 Å². The van der Waals surface area contributed by atoms with Crippen molar-refractivity contribution in [1.82, 2.24) is 0 Å². The number of aryl methyl sites for hydroxylation is 1. The predicted octanol–water partition coefficient (Wildman–Crippen LogP) is 3.07. The molecule has 1 aromatic rings. The Morgan fingerprint density at radius 2 is 1.79 bits per heavy atom. The van der Waals surface area contributed by atoms with Crippen molar-refractivity contribution in [2.75, 3.05) is 14.2 Å². The lowest BCUT2D eigenvalue weighted by Crippen LogP contribution is -2.27. The summed E-state index contributed by atoms with van der Waals surface area (Å²) in [6.45, 7) is 2.13. The normalized spacial score (nSPS) is 23.2. The Hall–Kier alpha value is -1.22. The van der Waals surface area contributed by atoms with E-state index in [0.717, 1.165) is 36.7 Å². The predicted molar refractivity (Wildman–Crippen MR) is 77.9 cm³/mol. The van der Waals surface area contributed by atoms with Gasteiger partial charge in [-0.1, -0.05) is 0 Å². The molecule has 0 aliphatic heterocycles. The molecule has 2 N–H and O–H groups in total. The molecule has 3 nitrogen and oxygen atoms in total. The van der Waals surface area contributed by atoms with Gasteiger partial charge in [0.2, 0.25) is 0 Å². The SMILES string of the molecule is COc1cc(C)c(CC2CCC(N)CC2)c(OC)c1. The standard InChI is InChI=1S/C16H25NO2/c1-11-8-14(18-2)10-16(19-3)15(11)9-12-4-6-13(17)7-5-12/h8,10,12-13H,4-7,9,17H2,1-3H3. The van der Waals surface area contributed by atoms with E-state index in [9.17, 15) is 0 Å². The van der Waals surface area contributed by atoms with Gasteiger partial charge in [-0.25, -0.2) is 0 Å². The quantitative estimate of drug-likeness (QED) is 0.908. The fourth-order valence-electron chi connectivity index (χ4n) is 3.00. The Morgan fingerprint density at radius 1 is 1.11 bits per heavy atom. The molecule has 0 amide bonds. The minimum Gasteiger partial charge on any atom is -0.497 e. The number of hydrogen-bond acceptors (Lipinski definition) is 3. The molecule has 3 heteroatoms. The van der Waals surface area contributed by atoms with E-state index >= 15 is 0 Å². The monoisotopic (exact) mass is 263 g/mol. The average molecular weight is 263 g/mol. The maximum atomic E-state index is 5.97. The van der Waals surface area contributed by atoms with Crippen molar-refractivity contribution >= 4 is 0 Å². The van der Waals surface area contributed by atoms with Crippen LogP contribution < -0.4 is 15.2 Å². The van der Waals surface area contributed by atoms with Crippen molar-refractivity contribution in [3.63, 3.8) is 0 Å². The van der Waals surface area contributed by atoms with E-state index < -0.39 is 0 Å². The maximum Gasteiger partial charge on any atom is 0.126 e. The third-order valence-electron chi connectivity index (χ3n) is 4.25. The molecule has 0 saturated heterocycles. The van der Waals surface area contributed by atoms with E-state index in [1.807, 2.05) is 6.07 Å². The summed E-state index contributed by atoms with van der Waals surface area (Å²) in [6.07, 6.45) is 5.86. The van der Waals surface area contributed by atoms with Crippen LogP contribution in [0.25, 0.3) is 0 Å². The first-order chi connectivity index (χ1) is 9.13. The zero-order valence-electron chi connectivity index (χ0n) is 12.2. The third-order valence-corrected chi connectivity index (χ3v) is 4.25. The highest BCUT2D eigenvalue weighted by Crippen LogP contribution is 2.34. The number of benzene rings is 1. The molecule has 0 heterocycles. The fraction of sp³-hybridized carbons (Fsp3) is 0.625. The summed E-state index contributed by atoms with van der Waals surface area (Å²) in [5, 5.41) is 0. The molecule has 0 atom stereocenters. The molecule has 1 aromatic carbocycles. The van der Waals surface area contributed by atoms with Crippen molar-refractivity contribution in [2.24, 2.45) is 11.7 Å². The maximum absolute atomic E-state index is 5.97. The third kappa shape index (κ3) is 3.41. The molecule has 0 bridgehead atoms. The molecule has 106 valence electrons. The summed E-state index contributed by atoms with van der Waals surface area (Å²) in [6, 6.07) is 4.48. The summed E-state index contributed by atoms with van der Waals surface area (Å²) in [5.41, 5.74) is 8.55. The van der Waals surface area contributed by atoms with Crippen LogP contribution in [-0.4, -0.2) is 20.3 Å². The molecule has 1 aliphatic carbocycles. The second-order valence-corrected chi connectivity index (χ2v) is 5.61. The Morgan fingerprint density at radius 3 is 2.37 bits per heavy atom. The molecule has 0 unspecified atom stereocenters. The van der Waals surface area contributed by atoms with Crippen molar-refractivity contribution in [1.29, 1.82) is 0 Å². The summed E-state index contributed by atoms with van der Waals surface area (Å²) in [5.74, 6) is 2.55. The van der Waals surface area contributed by atoms with Gasteiger partial charge in [0.1, 0.15) is 11.5 Å². The molecule has 19 heavy (non-hydrogen) atoms. The number of nitrogens with two attached hydrogens (primary N) is 1. The number of ether oxygens (including phenoxy) is 2. The molecule has 2 rings (SSSR count). The van der Waals surface area contributed by atoms with E-state index in [0.29, 0.717) is 6.04 Å². The molecular formula is C16H25NO2. The van der Waals surface area contributed by atoms with Crippen LogP contribution in [0.15, 0.2) is 12.1 Å². The first-order valence-corrected chi connectivity index (χ1v) is 7.11. The number of hydrogen-bond donors (Lipinski definition) is 1. The van der Waals surface area contributed by atoms with Crippen LogP contribution in [0.3, 0.4) is 0 Å². The Labute approximate surface area is 116 Å². The topological polar surface area (TPSA) is 44.5 Å². The van der Waals surface area contributed by atoms with Crippen LogP contribution in [0.5, 0.6) is 11.5 Å². The van der Waals surface area contributed by atoms with Gasteiger partial charge in [0.25, 0.3) is 0 Å². The fourth-order valence-corrected chi connectivity index (χ4v) is 3.00. The average Bonchev–Trinajstić information content (AvgIpc) is 2.43. The van der Waals surface area contributed by atoms with Crippen LogP contribution in [-0.2, 0) is 6.42 Å². The molecule has 0 aromatic heterocycles. The molecule has 0 spiro atoms. The highest BCUT2D eigenvalue weighted by Gasteiger charge is 2.21. The summed E-state index contributed by atoms with van der Waals surface area (Å²) < 4.78 is 10.8. The second kappa shape index (κ2) is 6.29. The van der Waals surface area contributed by atoms with Gasteiger partial charge in [-0.15, -0.1) is 0 Å². The van der Waals surface area contributed by atoms with Gasteiger partial charge < -0.3 is 15.2 Å². The largest absolute Gasteiger partial charge is 0.497 e. The molecular weight excluding hydrogens is 238 g/mol. The highest BCUT2D eigenvalue weighted by molar-refractivity contribution is 5.46. The lowest BCUT2D eigenvalue weighted by atomic mass is 9.82. The van der Waals surface area contributed by atoms with Crippen LogP contribution in [0.1, 0.15) is 36.8 Å². The van der Waals surface area contributed by atoms with Gasteiger partial charge in [0.05, 0.1) is 14.2 Å². The Kier molecular flexibility index (Phi) is 4.70. The lowest BCUT2D eigenvalue weighted by Gasteiger charge is -2.27. The van der Waals surface area contributed by atoms with Gasteiger partial charge >= 0.3 is 0 Å². The Bertz CT molecular complexity index is 423. The second-order valence-electron chi connectivity index (χ2n) is 5.61. The minimum atomic E-state index is 0.412. The molecule has 1 aliphatic rings. The van der Waals surface area contributed by atoms with Crippen LogP contribution in [0, 0.1) is 12.8 Å². The number of rotatable bonds is 4. The van der Waals surface area contributed by atoms with Crippen molar-refractivity contribution < 1.29 is 9.47 Å². The van der Waals surface area contributed by atoms with E-state index in [4.69, 9.17) is 15.2 Å². The van der Waals surface area contributed by atoms with Crippen LogP contribution in [0.2, 0.25) is 0 Å². The first-order valence-electron chi connectivity index (χ1n) is 7.11. The summed E-state index contributed by atoms with van der Waals surface area (Å²) in [4.78, 5) is 0. The van der Waals surface area contributed by atoms with Crippen molar-refractivity contribution in [3.05, 3.63) is 23.3 Å². The van der Waals surface area contributed by atoms with E-state index in [-0.39, 0.29) is 0 Å². The van der Waals surface area contributed by atoms with Gasteiger partial charge in [-0.3, -0.25) is 0 Å². The van der Waals surface area contributed by atoms with Gasteiger partial charge in [0, 0.05) is 12.1 Å². The van der Waals surface area contributed by atoms with Crippen LogP contribution >= 0.6 is 0 Å². The van der Waals surface area contributed by atoms with Crippen molar-refractivity contribution in [3.8, 4) is 11.5 Å². The lowest BCUT2D eigenvalue weighted by molar-refractivity contribution is 0.319. The molecule has 0 radical (unpaired) electrons. The number of methoxy groups -OCH3 is 2. The minimum absolute atomic E-state index is 0.412. The summed E-state index contributed by atoms with van der Waals surface area (Å²) >= 11 is 0. The highest BCUT2D eigenvalue weighted by atomic mass is 16.5.